The van der Waals surface area contributed by atoms with E-state index in [2.05, 4.69) is 409 Å². The Bertz CT molecular complexity index is 5590. The molecule has 482 valence electrons. The molecule has 0 spiro atoms. The Labute approximate surface area is 602 Å². The Morgan fingerprint density at radius 2 is 0.696 bits per heavy atom. The van der Waals surface area contributed by atoms with E-state index in [9.17, 15) is 0 Å². The molecule has 0 bridgehead atoms. The van der Waals surface area contributed by atoms with Gasteiger partial charge >= 0.3 is 0 Å². The molecule has 4 aliphatic heterocycles. The van der Waals surface area contributed by atoms with Crippen LogP contribution in [-0.4, -0.2) is 13.4 Å². The molecule has 15 aromatic carbocycles. The average Bonchev–Trinajstić information content (AvgIpc) is 0.683. The van der Waals surface area contributed by atoms with Gasteiger partial charge in [-0.1, -0.05) is 293 Å². The van der Waals surface area contributed by atoms with Gasteiger partial charge in [-0.2, -0.15) is 0 Å². The first-order valence-corrected chi connectivity index (χ1v) is 36.2. The predicted molar refractivity (Wildman–Crippen MR) is 435 cm³/mol. The van der Waals surface area contributed by atoms with Gasteiger partial charge in [-0.25, -0.2) is 0 Å². The third-order valence-corrected chi connectivity index (χ3v) is 22.1. The third kappa shape index (κ3) is 10.2. The maximum absolute atomic E-state index is 2.70. The zero-order chi connectivity index (χ0) is 68.0. The van der Waals surface area contributed by atoms with Gasteiger partial charge in [-0.05, 0) is 164 Å². The summed E-state index contributed by atoms with van der Waals surface area (Å²) >= 11 is 1.90. The van der Waals surface area contributed by atoms with E-state index in [0.717, 1.165) is 119 Å². The summed E-state index contributed by atoms with van der Waals surface area (Å²) in [7, 11) is 0. The van der Waals surface area contributed by atoms with Crippen molar-refractivity contribution in [3.05, 3.63) is 370 Å². The van der Waals surface area contributed by atoms with Crippen LogP contribution in [0.3, 0.4) is 0 Å². The van der Waals surface area contributed by atoms with E-state index in [-0.39, 0.29) is 18.8 Å². The van der Waals surface area contributed by atoms with Crippen molar-refractivity contribution < 1.29 is 0 Å². The molecule has 0 fully saturated rings. The number of hydrogen-bond acceptors (Lipinski definition) is 6. The van der Waals surface area contributed by atoms with Crippen molar-refractivity contribution in [2.24, 2.45) is 0 Å². The lowest BCUT2D eigenvalue weighted by molar-refractivity contribution is 0.590. The van der Waals surface area contributed by atoms with E-state index in [1.165, 1.54) is 48.1 Å². The topological polar surface area (TPSA) is 16.2 Å². The van der Waals surface area contributed by atoms with Crippen LogP contribution in [0.1, 0.15) is 26.3 Å². The molecule has 0 saturated heterocycles. The average molecular weight is 1320 g/mol. The number of fused-ring (bicyclic) bond motifs is 8. The van der Waals surface area contributed by atoms with Crippen LogP contribution >= 0.6 is 11.8 Å². The molecule has 0 aromatic heterocycles. The van der Waals surface area contributed by atoms with Crippen LogP contribution in [0.25, 0.3) is 33.4 Å². The van der Waals surface area contributed by atoms with Gasteiger partial charge in [0.15, 0.2) is 0 Å². The molecule has 4 heterocycles. The van der Waals surface area contributed by atoms with E-state index in [1.807, 2.05) is 11.8 Å². The van der Waals surface area contributed by atoms with E-state index >= 15 is 0 Å². The second kappa shape index (κ2) is 24.9. The molecule has 102 heavy (non-hydrogen) atoms. The first-order valence-electron chi connectivity index (χ1n) is 35.4. The molecule has 0 atom stereocenters. The normalized spacial score (nSPS) is 12.9. The van der Waals surface area contributed by atoms with Gasteiger partial charge in [0.25, 0.3) is 6.71 Å². The Balaban J connectivity index is 0.944. The molecule has 0 unspecified atom stereocenters. The molecular weight excluding hydrogens is 1250 g/mol. The highest BCUT2D eigenvalue weighted by Gasteiger charge is 2.49. The Kier molecular flexibility index (Phi) is 14.9. The highest BCUT2D eigenvalue weighted by molar-refractivity contribution is 8.00. The summed E-state index contributed by atoms with van der Waals surface area (Å²) in [5.74, 6) is 0. The third-order valence-electron chi connectivity index (χ3n) is 21.0. The van der Waals surface area contributed by atoms with Crippen molar-refractivity contribution in [3.8, 4) is 33.4 Å². The number of rotatable bonds is 12. The fraction of sp³-hybridized carbons (Fsp3) is 0.0426. The summed E-state index contributed by atoms with van der Waals surface area (Å²) in [5, 5.41) is 0. The Morgan fingerprint density at radius 1 is 0.275 bits per heavy atom. The number of para-hydroxylation sites is 8. The van der Waals surface area contributed by atoms with Gasteiger partial charge in [-0.15, -0.1) is 0 Å². The van der Waals surface area contributed by atoms with Gasteiger partial charge in [0.2, 0.25) is 6.71 Å². The van der Waals surface area contributed by atoms with Crippen LogP contribution in [0.2, 0.25) is 0 Å². The van der Waals surface area contributed by atoms with E-state index in [4.69, 9.17) is 0 Å². The van der Waals surface area contributed by atoms with Crippen LogP contribution in [0.5, 0.6) is 0 Å². The minimum Gasteiger partial charge on any atom is -0.311 e. The van der Waals surface area contributed by atoms with Crippen LogP contribution < -0.4 is 57.3 Å². The summed E-state index contributed by atoms with van der Waals surface area (Å²) in [6.45, 7) is 6.52. The van der Waals surface area contributed by atoms with E-state index < -0.39 is 0 Å². The van der Waals surface area contributed by atoms with Crippen molar-refractivity contribution in [2.45, 2.75) is 36.0 Å². The molecular formula is C94H69B2N5S. The standard InChI is InChI=1S/C94H69B2N5S/c1-94(2,3)67-56-54-66(55-57-67)75-46-25-28-51-82(75)98(70-40-19-8-20-41-70)74-60-88-92-90(61-74)102-89-53-30-27-50-79(89)96(92)81-62-80-84(63-85(81)101(88)93-76(64-32-11-4-12-33-64)47-31-48-77(93)65-34-13-5-14-35-65)100(72-44-23-10-24-45-72)87-59-73(97(68-36-15-6-16-37-68)69-38-17-7-18-39-69)58-86-91(87)95(80)78-49-26-29-52-83(78)99(86)71-42-21-9-22-43-71/h4-63H,1-3H3. The fourth-order valence-corrected chi connectivity index (χ4v) is 17.7. The molecule has 5 nitrogen and oxygen atoms in total. The smallest absolute Gasteiger partial charge is 0.252 e. The monoisotopic (exact) mass is 1320 g/mol. The Morgan fingerprint density at radius 3 is 1.26 bits per heavy atom. The van der Waals surface area contributed by atoms with Crippen molar-refractivity contribution in [2.75, 3.05) is 24.5 Å². The van der Waals surface area contributed by atoms with E-state index in [0.29, 0.717) is 0 Å². The van der Waals surface area contributed by atoms with Crippen molar-refractivity contribution in [1.82, 2.24) is 0 Å². The SMILES string of the molecule is CC(C)(C)c1ccc(-c2ccccc2N(c2ccccc2)c2cc3c4c(c2)N(c2c(-c5ccccc5)cccc2-c2ccccc2)c2cc5c(cc2B4c2ccccc2S3)B2c3ccccc3N(c3ccccc3)c3cc(N(c4ccccc4)c4ccccc4)cc(c32)N5c2ccccc2)cc1. The molecule has 4 aliphatic rings. The number of nitrogens with zero attached hydrogens (tertiary/aromatic N) is 5. The van der Waals surface area contributed by atoms with Crippen molar-refractivity contribution in [3.63, 3.8) is 0 Å². The van der Waals surface area contributed by atoms with Crippen LogP contribution in [0.4, 0.5) is 85.3 Å². The maximum Gasteiger partial charge on any atom is 0.252 e. The first-order chi connectivity index (χ1) is 50.3. The lowest BCUT2D eigenvalue weighted by Gasteiger charge is -2.47. The van der Waals surface area contributed by atoms with Crippen LogP contribution in [0, 0.1) is 0 Å². The lowest BCUT2D eigenvalue weighted by Crippen LogP contribution is -2.64. The van der Waals surface area contributed by atoms with Gasteiger partial charge < -0.3 is 24.5 Å². The molecule has 0 amide bonds. The van der Waals surface area contributed by atoms with Crippen molar-refractivity contribution >= 4 is 143 Å². The summed E-state index contributed by atoms with van der Waals surface area (Å²) in [6.07, 6.45) is 0. The van der Waals surface area contributed by atoms with Gasteiger partial charge in [0.05, 0.1) is 17.1 Å². The summed E-state index contributed by atoms with van der Waals surface area (Å²) in [5.41, 5.74) is 32.2. The van der Waals surface area contributed by atoms with Crippen LogP contribution in [0.15, 0.2) is 374 Å². The first kappa shape index (κ1) is 60.9. The number of anilines is 15. The van der Waals surface area contributed by atoms with Gasteiger partial charge in [0.1, 0.15) is 0 Å². The largest absolute Gasteiger partial charge is 0.311 e. The van der Waals surface area contributed by atoms with Crippen molar-refractivity contribution in [1.29, 1.82) is 0 Å². The minimum atomic E-state index is -0.187. The highest BCUT2D eigenvalue weighted by Crippen LogP contribution is 2.55. The van der Waals surface area contributed by atoms with Gasteiger partial charge in [0, 0.05) is 94.7 Å². The highest BCUT2D eigenvalue weighted by atomic mass is 32.2. The molecule has 15 aromatic rings. The fourth-order valence-electron chi connectivity index (χ4n) is 16.5. The van der Waals surface area contributed by atoms with Gasteiger partial charge in [-0.3, -0.25) is 0 Å². The molecule has 0 saturated carbocycles. The molecule has 8 heteroatoms. The minimum absolute atomic E-state index is 0.00622. The number of benzene rings is 15. The second-order valence-corrected chi connectivity index (χ2v) is 29.0. The zero-order valence-electron chi connectivity index (χ0n) is 56.9. The van der Waals surface area contributed by atoms with E-state index in [1.54, 1.807) is 0 Å². The molecule has 19 rings (SSSR count). The lowest BCUT2D eigenvalue weighted by atomic mass is 9.30. The summed E-state index contributed by atoms with van der Waals surface area (Å²) < 4.78 is 0. The Hall–Kier alpha value is -12.2. The molecule has 0 radical (unpaired) electrons. The summed E-state index contributed by atoms with van der Waals surface area (Å²) in [4.78, 5) is 15.2. The maximum atomic E-state index is 2.70. The quantitative estimate of drug-likeness (QED) is 0.113. The second-order valence-electron chi connectivity index (χ2n) is 27.9. The zero-order valence-corrected chi connectivity index (χ0v) is 57.8. The molecule has 0 aliphatic carbocycles. The predicted octanol–water partition coefficient (Wildman–Crippen LogP) is 21.8. The summed E-state index contributed by atoms with van der Waals surface area (Å²) in [6, 6.07) is 136. The van der Waals surface area contributed by atoms with Crippen LogP contribution in [-0.2, 0) is 5.41 Å². The number of hydrogen-bond donors (Lipinski definition) is 0. The molecule has 0 N–H and O–H groups in total.